The molecule has 7 heteroatoms. The van der Waals surface area contributed by atoms with E-state index >= 15 is 0 Å². The van der Waals surface area contributed by atoms with Crippen molar-refractivity contribution in [2.24, 2.45) is 5.73 Å². The first-order valence-corrected chi connectivity index (χ1v) is 5.94. The minimum Gasteiger partial charge on any atom is -0.468 e. The molecule has 0 spiro atoms. The summed E-state index contributed by atoms with van der Waals surface area (Å²) in [4.78, 5) is 22.5. The maximum absolute atomic E-state index is 11.3. The number of hydrogen-bond acceptors (Lipinski definition) is 6. The van der Waals surface area contributed by atoms with E-state index in [0.717, 1.165) is 0 Å². The van der Waals surface area contributed by atoms with Crippen LogP contribution in [0.4, 0.5) is 0 Å². The zero-order valence-electron chi connectivity index (χ0n) is 11.4. The average Bonchev–Trinajstić information content (AvgIpc) is 2.68. The lowest BCUT2D eigenvalue weighted by Crippen LogP contribution is -2.45. The highest BCUT2D eigenvalue weighted by molar-refractivity contribution is 5.79. The number of hydrogen-bond donors (Lipinski definition) is 1. The van der Waals surface area contributed by atoms with Gasteiger partial charge in [-0.2, -0.15) is 0 Å². The molecule has 0 bridgehead atoms. The van der Waals surface area contributed by atoms with Gasteiger partial charge in [-0.1, -0.05) is 17.3 Å². The van der Waals surface area contributed by atoms with Crippen LogP contribution in [0.2, 0.25) is 0 Å². The third kappa shape index (κ3) is 4.06. The van der Waals surface area contributed by atoms with Crippen molar-refractivity contribution in [2.75, 3.05) is 7.11 Å². The first kappa shape index (κ1) is 15.2. The van der Waals surface area contributed by atoms with E-state index in [1.165, 1.54) is 11.7 Å². The van der Waals surface area contributed by atoms with Crippen LogP contribution in [0, 0.1) is 6.92 Å². The van der Waals surface area contributed by atoms with Crippen LogP contribution in [0.5, 0.6) is 0 Å². The molecular weight excluding hydrogens is 250 g/mol. The number of allylic oxidation sites excluding steroid dienone is 2. The van der Waals surface area contributed by atoms with Gasteiger partial charge in [0.25, 0.3) is 0 Å². The van der Waals surface area contributed by atoms with Crippen LogP contribution < -0.4 is 11.5 Å². The number of esters is 1. The van der Waals surface area contributed by atoms with Crippen molar-refractivity contribution in [3.63, 3.8) is 0 Å². The lowest BCUT2D eigenvalue weighted by Gasteiger charge is -2.20. The molecule has 0 aliphatic heterocycles. The van der Waals surface area contributed by atoms with E-state index in [1.807, 2.05) is 6.08 Å². The molecule has 0 fully saturated rings. The summed E-state index contributed by atoms with van der Waals surface area (Å²) in [5.41, 5.74) is 4.81. The predicted octanol–water partition coefficient (Wildman–Crippen LogP) is 0.372. The summed E-state index contributed by atoms with van der Waals surface area (Å²) in [5, 5.41) is 3.55. The minimum atomic E-state index is -0.997. The molecule has 7 nitrogen and oxygen atoms in total. The number of carbonyl (C=O) groups excluding carboxylic acids is 1. The molecule has 0 aliphatic carbocycles. The van der Waals surface area contributed by atoms with Crippen LogP contribution in [0.15, 0.2) is 21.5 Å². The Hall–Kier alpha value is -1.89. The number of carbonyl (C=O) groups is 1. The Bertz CT molecular complexity index is 513. The summed E-state index contributed by atoms with van der Waals surface area (Å²) in [6, 6.07) is 0. The number of nitrogens with two attached hydrogens (primary N) is 1. The second-order valence-corrected chi connectivity index (χ2v) is 4.53. The van der Waals surface area contributed by atoms with Crippen LogP contribution in [-0.2, 0) is 16.1 Å². The number of rotatable bonds is 6. The topological polar surface area (TPSA) is 100 Å². The maximum Gasteiger partial charge on any atom is 0.441 e. The highest BCUT2D eigenvalue weighted by Gasteiger charge is 2.28. The lowest BCUT2D eigenvalue weighted by atomic mass is 9.97. The maximum atomic E-state index is 11.3. The van der Waals surface area contributed by atoms with E-state index < -0.39 is 17.3 Å². The monoisotopic (exact) mass is 269 g/mol. The third-order valence-corrected chi connectivity index (χ3v) is 2.80. The van der Waals surface area contributed by atoms with Crippen LogP contribution in [0.25, 0.3) is 0 Å². The molecule has 0 aliphatic rings. The number of methoxy groups -OCH3 is 1. The molecule has 0 amide bonds. The van der Waals surface area contributed by atoms with Crippen molar-refractivity contribution in [1.29, 1.82) is 0 Å². The van der Waals surface area contributed by atoms with Gasteiger partial charge in [0.15, 0.2) is 5.82 Å². The highest BCUT2D eigenvalue weighted by Crippen LogP contribution is 2.11. The fraction of sp³-hybridized carbons (Fsp3) is 0.583. The highest BCUT2D eigenvalue weighted by atomic mass is 16.5. The summed E-state index contributed by atoms with van der Waals surface area (Å²) in [5.74, 6) is -0.403. The Morgan fingerprint density at radius 1 is 1.58 bits per heavy atom. The Morgan fingerprint density at radius 2 is 2.26 bits per heavy atom. The molecule has 1 heterocycles. The third-order valence-electron chi connectivity index (χ3n) is 2.80. The number of aryl methyl sites for hydroxylation is 1. The van der Waals surface area contributed by atoms with Crippen molar-refractivity contribution in [1.82, 2.24) is 9.72 Å². The number of nitrogens with zero attached hydrogens (tertiary/aromatic N) is 2. The lowest BCUT2D eigenvalue weighted by molar-refractivity contribution is -0.146. The molecule has 1 atom stereocenters. The van der Waals surface area contributed by atoms with Gasteiger partial charge in [-0.05, 0) is 26.7 Å². The number of aromatic nitrogens is 2. The summed E-state index contributed by atoms with van der Waals surface area (Å²) in [6.45, 7) is 3.70. The van der Waals surface area contributed by atoms with E-state index in [1.54, 1.807) is 19.9 Å². The summed E-state index contributed by atoms with van der Waals surface area (Å²) in [7, 11) is 1.31. The largest absolute Gasteiger partial charge is 0.468 e. The molecule has 19 heavy (non-hydrogen) atoms. The van der Waals surface area contributed by atoms with Gasteiger partial charge in [-0.15, -0.1) is 0 Å². The van der Waals surface area contributed by atoms with E-state index in [4.69, 9.17) is 5.73 Å². The quantitative estimate of drug-likeness (QED) is 0.591. The predicted molar refractivity (Wildman–Crippen MR) is 68.5 cm³/mol. The Labute approximate surface area is 111 Å². The molecular formula is C12H19N3O4. The molecule has 0 aromatic carbocycles. The first-order valence-electron chi connectivity index (χ1n) is 5.94. The Balaban J connectivity index is 2.44. The second kappa shape index (κ2) is 6.33. The van der Waals surface area contributed by atoms with Crippen LogP contribution in [-0.4, -0.2) is 28.3 Å². The van der Waals surface area contributed by atoms with Gasteiger partial charge < -0.3 is 10.5 Å². The molecule has 1 unspecified atom stereocenters. The minimum absolute atomic E-state index is 0.383. The van der Waals surface area contributed by atoms with Crippen molar-refractivity contribution in [3.8, 4) is 0 Å². The van der Waals surface area contributed by atoms with Crippen molar-refractivity contribution < 1.29 is 14.1 Å². The summed E-state index contributed by atoms with van der Waals surface area (Å²) >= 11 is 0. The second-order valence-electron chi connectivity index (χ2n) is 4.53. The normalized spacial score (nSPS) is 14.5. The molecule has 1 aromatic heterocycles. The van der Waals surface area contributed by atoms with Gasteiger partial charge in [-0.3, -0.25) is 13.9 Å². The fourth-order valence-electron chi connectivity index (χ4n) is 1.56. The Kier molecular flexibility index (Phi) is 5.05. The first-order chi connectivity index (χ1) is 8.88. The Morgan fingerprint density at radius 3 is 2.79 bits per heavy atom. The molecule has 1 rings (SSSR count). The van der Waals surface area contributed by atoms with E-state index in [0.29, 0.717) is 25.2 Å². The van der Waals surface area contributed by atoms with Crippen molar-refractivity contribution in [2.45, 2.75) is 38.8 Å². The average molecular weight is 269 g/mol. The van der Waals surface area contributed by atoms with Gasteiger partial charge in [0.2, 0.25) is 0 Å². The van der Waals surface area contributed by atoms with Crippen molar-refractivity contribution in [3.05, 3.63) is 28.5 Å². The van der Waals surface area contributed by atoms with Gasteiger partial charge in [0.1, 0.15) is 5.54 Å². The van der Waals surface area contributed by atoms with Crippen LogP contribution in [0.3, 0.4) is 0 Å². The molecule has 106 valence electrons. The van der Waals surface area contributed by atoms with E-state index in [9.17, 15) is 9.59 Å². The van der Waals surface area contributed by atoms with Crippen LogP contribution >= 0.6 is 0 Å². The zero-order chi connectivity index (χ0) is 14.5. The molecule has 0 radical (unpaired) electrons. The molecule has 0 saturated heterocycles. The standard InChI is InChI=1S/C12H19N3O4/c1-9-14-19-11(17)15(9)8-6-4-5-7-12(2,13)10(16)18-3/h4,6H,5,7-8,13H2,1-3H3/b6-4+. The summed E-state index contributed by atoms with van der Waals surface area (Å²) < 4.78 is 10.5. The summed E-state index contributed by atoms with van der Waals surface area (Å²) in [6.07, 6.45) is 4.74. The SMILES string of the molecule is COC(=O)C(C)(N)CC/C=C/Cn1c(C)noc1=O. The van der Waals surface area contributed by atoms with Gasteiger partial charge in [0, 0.05) is 6.54 Å². The zero-order valence-corrected chi connectivity index (χ0v) is 11.4. The molecule has 0 saturated carbocycles. The van der Waals surface area contributed by atoms with Crippen molar-refractivity contribution >= 4 is 5.97 Å². The van der Waals surface area contributed by atoms with Gasteiger partial charge >= 0.3 is 11.7 Å². The van der Waals surface area contributed by atoms with E-state index in [2.05, 4.69) is 14.4 Å². The smallest absolute Gasteiger partial charge is 0.441 e. The molecule has 2 N–H and O–H groups in total. The van der Waals surface area contributed by atoms with Gasteiger partial charge in [0.05, 0.1) is 7.11 Å². The van der Waals surface area contributed by atoms with E-state index in [-0.39, 0.29) is 0 Å². The van der Waals surface area contributed by atoms with Crippen LogP contribution in [0.1, 0.15) is 25.6 Å². The fourth-order valence-corrected chi connectivity index (χ4v) is 1.56. The number of ether oxygens (including phenoxy) is 1. The molecule has 1 aromatic rings. The van der Waals surface area contributed by atoms with Gasteiger partial charge in [-0.25, -0.2) is 4.79 Å².